The summed E-state index contributed by atoms with van der Waals surface area (Å²) >= 11 is 9.39. The average molecular weight is 251 g/mol. The van der Waals surface area contributed by atoms with E-state index in [9.17, 15) is 13.6 Å². The Hall–Kier alpha value is -0.610. The molecule has 1 aromatic carbocycles. The first-order chi connectivity index (χ1) is 7.04. The number of benzene rings is 1. The summed E-state index contributed by atoms with van der Waals surface area (Å²) in [6.45, 7) is 0. The second kappa shape index (κ2) is 5.47. The Balaban J connectivity index is 2.88. The molecule has 0 N–H and O–H groups in total. The summed E-state index contributed by atoms with van der Waals surface area (Å²) < 4.78 is 24.6. The number of alkyl halides is 3. The van der Waals surface area contributed by atoms with E-state index in [0.717, 1.165) is 0 Å². The van der Waals surface area contributed by atoms with Crippen LogP contribution in [0.25, 0.3) is 0 Å². The quantitative estimate of drug-likeness (QED) is 0.641. The molecular weight excluding hydrogens is 242 g/mol. The summed E-state index contributed by atoms with van der Waals surface area (Å²) in [5.74, 6) is -0.235. The third-order valence-corrected chi connectivity index (χ3v) is 2.61. The smallest absolute Gasteiger partial charge is 0.263 e. The molecule has 0 bridgehead atoms. The maximum absolute atomic E-state index is 12.3. The highest BCUT2D eigenvalue weighted by Crippen LogP contribution is 2.24. The van der Waals surface area contributed by atoms with E-state index in [-0.39, 0.29) is 23.6 Å². The van der Waals surface area contributed by atoms with Gasteiger partial charge in [0.1, 0.15) is 0 Å². The van der Waals surface area contributed by atoms with Crippen molar-refractivity contribution in [2.24, 2.45) is 0 Å². The number of hydrogen-bond acceptors (Lipinski definition) is 2. The van der Waals surface area contributed by atoms with Crippen LogP contribution >= 0.6 is 24.2 Å². The van der Waals surface area contributed by atoms with Crippen LogP contribution in [0.15, 0.2) is 23.1 Å². The van der Waals surface area contributed by atoms with E-state index >= 15 is 0 Å². The fourth-order valence-corrected chi connectivity index (χ4v) is 1.52. The molecule has 1 rings (SSSR count). The molecule has 0 radical (unpaired) electrons. The molecule has 5 heteroatoms. The van der Waals surface area contributed by atoms with Crippen LogP contribution in [0, 0.1) is 0 Å². The molecule has 0 aliphatic carbocycles. The first kappa shape index (κ1) is 12.5. The van der Waals surface area contributed by atoms with Crippen LogP contribution in [0.3, 0.4) is 0 Å². The van der Waals surface area contributed by atoms with Gasteiger partial charge >= 0.3 is 0 Å². The van der Waals surface area contributed by atoms with Crippen molar-refractivity contribution in [3.05, 3.63) is 29.3 Å². The molecule has 0 aliphatic rings. The van der Waals surface area contributed by atoms with Crippen LogP contribution in [0.2, 0.25) is 0 Å². The van der Waals surface area contributed by atoms with E-state index in [1.807, 2.05) is 0 Å². The molecule has 0 spiro atoms. The molecule has 0 unspecified atom stereocenters. The zero-order chi connectivity index (χ0) is 11.4. The Labute approximate surface area is 96.8 Å². The molecule has 0 amide bonds. The summed E-state index contributed by atoms with van der Waals surface area (Å²) in [5.41, 5.74) is 0.524. The molecule has 0 atom stereocenters. The van der Waals surface area contributed by atoms with Crippen LogP contribution in [-0.2, 0) is 11.2 Å². The molecule has 15 heavy (non-hydrogen) atoms. The van der Waals surface area contributed by atoms with Crippen molar-refractivity contribution >= 4 is 30.0 Å². The summed E-state index contributed by atoms with van der Waals surface area (Å²) in [6, 6.07) is 4.04. The van der Waals surface area contributed by atoms with E-state index in [2.05, 4.69) is 12.6 Å². The van der Waals surface area contributed by atoms with E-state index in [0.29, 0.717) is 10.5 Å². The zero-order valence-electron chi connectivity index (χ0n) is 7.71. The predicted octanol–water partition coefficient (Wildman–Crippen LogP) is 3.26. The molecule has 1 aromatic rings. The van der Waals surface area contributed by atoms with Crippen LogP contribution < -0.4 is 0 Å². The lowest BCUT2D eigenvalue weighted by molar-refractivity contribution is -0.116. The number of hydrogen-bond donors (Lipinski definition) is 1. The summed E-state index contributed by atoms with van der Waals surface area (Å²) in [4.78, 5) is 11.4. The lowest BCUT2D eigenvalue weighted by Gasteiger charge is -2.06. The minimum Gasteiger partial charge on any atom is -0.298 e. The number of halogens is 3. The van der Waals surface area contributed by atoms with E-state index in [1.54, 1.807) is 0 Å². The Morgan fingerprint density at radius 2 is 2.13 bits per heavy atom. The van der Waals surface area contributed by atoms with Crippen LogP contribution in [0.4, 0.5) is 8.78 Å². The number of ketones is 1. The van der Waals surface area contributed by atoms with Crippen molar-refractivity contribution in [3.63, 3.8) is 0 Å². The van der Waals surface area contributed by atoms with Crippen LogP contribution in [0.5, 0.6) is 0 Å². The van der Waals surface area contributed by atoms with Gasteiger partial charge in [-0.2, -0.15) is 0 Å². The third kappa shape index (κ3) is 3.47. The molecule has 0 saturated heterocycles. The van der Waals surface area contributed by atoms with Gasteiger partial charge in [0.15, 0.2) is 5.78 Å². The normalized spacial score (nSPS) is 10.7. The summed E-state index contributed by atoms with van der Waals surface area (Å²) in [7, 11) is 0. The molecule has 0 saturated carbocycles. The van der Waals surface area contributed by atoms with Gasteiger partial charge in [-0.05, 0) is 11.6 Å². The van der Waals surface area contributed by atoms with Gasteiger partial charge < -0.3 is 0 Å². The fourth-order valence-electron chi connectivity index (χ4n) is 1.13. The lowest BCUT2D eigenvalue weighted by Crippen LogP contribution is -2.04. The second-order valence-corrected chi connectivity index (χ2v) is 3.79. The summed E-state index contributed by atoms with van der Waals surface area (Å²) in [6.07, 6.45) is -2.39. The lowest BCUT2D eigenvalue weighted by atomic mass is 10.1. The van der Waals surface area contributed by atoms with Gasteiger partial charge in [-0.3, -0.25) is 4.79 Å². The Morgan fingerprint density at radius 3 is 2.60 bits per heavy atom. The van der Waals surface area contributed by atoms with Crippen molar-refractivity contribution in [1.82, 2.24) is 0 Å². The first-order valence-corrected chi connectivity index (χ1v) is 5.20. The number of rotatable bonds is 4. The number of Topliss-reactive ketones (excluding diaryl/α,β-unsaturated/α-hetero) is 1. The SMILES string of the molecule is O=C(CCl)Cc1ccc(C(F)F)cc1S. The van der Waals surface area contributed by atoms with Gasteiger partial charge in [0.2, 0.25) is 0 Å². The van der Waals surface area contributed by atoms with Gasteiger partial charge in [-0.25, -0.2) is 8.78 Å². The average Bonchev–Trinajstić information content (AvgIpc) is 2.20. The van der Waals surface area contributed by atoms with E-state index < -0.39 is 6.43 Å². The van der Waals surface area contributed by atoms with Crippen molar-refractivity contribution in [1.29, 1.82) is 0 Å². The van der Waals surface area contributed by atoms with Crippen LogP contribution in [0.1, 0.15) is 17.6 Å². The highest BCUT2D eigenvalue weighted by atomic mass is 35.5. The Bertz CT molecular complexity index is 368. The molecule has 0 fully saturated rings. The Kier molecular flexibility index (Phi) is 4.54. The number of carbonyl (C=O) groups is 1. The van der Waals surface area contributed by atoms with Gasteiger partial charge in [0, 0.05) is 16.9 Å². The predicted molar refractivity (Wildman–Crippen MR) is 58.1 cm³/mol. The maximum atomic E-state index is 12.3. The van der Waals surface area contributed by atoms with Crippen molar-refractivity contribution in [3.8, 4) is 0 Å². The van der Waals surface area contributed by atoms with Gasteiger partial charge in [-0.15, -0.1) is 24.2 Å². The van der Waals surface area contributed by atoms with Gasteiger partial charge in [-0.1, -0.05) is 12.1 Å². The zero-order valence-corrected chi connectivity index (χ0v) is 9.36. The van der Waals surface area contributed by atoms with Gasteiger partial charge in [0.25, 0.3) is 6.43 Å². The number of carbonyl (C=O) groups excluding carboxylic acids is 1. The maximum Gasteiger partial charge on any atom is 0.263 e. The van der Waals surface area contributed by atoms with Crippen molar-refractivity contribution in [2.75, 3.05) is 5.88 Å². The minimum atomic E-state index is -2.52. The highest BCUT2D eigenvalue weighted by molar-refractivity contribution is 7.80. The second-order valence-electron chi connectivity index (χ2n) is 3.04. The minimum absolute atomic E-state index is 0.0795. The fraction of sp³-hybridized carbons (Fsp3) is 0.300. The molecule has 0 aromatic heterocycles. The molecule has 0 aliphatic heterocycles. The first-order valence-electron chi connectivity index (χ1n) is 4.22. The standard InChI is InChI=1S/C10H9ClF2OS/c11-5-8(14)3-6-1-2-7(10(12)13)4-9(6)15/h1-2,4,10,15H,3,5H2. The van der Waals surface area contributed by atoms with Crippen LogP contribution in [-0.4, -0.2) is 11.7 Å². The summed E-state index contributed by atoms with van der Waals surface area (Å²) in [5, 5.41) is 0. The highest BCUT2D eigenvalue weighted by Gasteiger charge is 2.10. The number of thiol groups is 1. The topological polar surface area (TPSA) is 17.1 Å². The molecule has 0 heterocycles. The van der Waals surface area contributed by atoms with Crippen molar-refractivity contribution in [2.45, 2.75) is 17.7 Å². The van der Waals surface area contributed by atoms with E-state index in [1.165, 1.54) is 18.2 Å². The van der Waals surface area contributed by atoms with Crippen molar-refractivity contribution < 1.29 is 13.6 Å². The molecule has 1 nitrogen and oxygen atoms in total. The molecule has 82 valence electrons. The Morgan fingerprint density at radius 1 is 1.47 bits per heavy atom. The largest absolute Gasteiger partial charge is 0.298 e. The molecular formula is C10H9ClF2OS. The van der Waals surface area contributed by atoms with Gasteiger partial charge in [0.05, 0.1) is 5.88 Å². The monoisotopic (exact) mass is 250 g/mol. The van der Waals surface area contributed by atoms with E-state index in [4.69, 9.17) is 11.6 Å². The third-order valence-electron chi connectivity index (χ3n) is 1.90.